The minimum Gasteiger partial charge on any atom is -0.481 e. The van der Waals surface area contributed by atoms with E-state index in [0.29, 0.717) is 17.0 Å². The van der Waals surface area contributed by atoms with Gasteiger partial charge in [-0.1, -0.05) is 6.07 Å². The Labute approximate surface area is 147 Å². The summed E-state index contributed by atoms with van der Waals surface area (Å²) in [6.07, 6.45) is 3.05. The average Bonchev–Trinajstić information content (AvgIpc) is 2.78. The molecule has 2 atom stereocenters. The lowest BCUT2D eigenvalue weighted by atomic mass is 9.80. The van der Waals surface area contributed by atoms with Crippen molar-refractivity contribution in [1.29, 1.82) is 0 Å². The minimum atomic E-state index is -0.915. The molecule has 1 aliphatic rings. The Morgan fingerprint density at radius 2 is 1.96 bits per heavy atom. The Hall–Kier alpha value is -2.16. The highest BCUT2D eigenvalue weighted by Gasteiger charge is 2.52. The normalized spacial score (nSPS) is 23.5. The number of nitrogen functional groups attached to an aromatic ring is 1. The van der Waals surface area contributed by atoms with Crippen molar-refractivity contribution in [1.82, 2.24) is 9.97 Å². The van der Waals surface area contributed by atoms with E-state index in [4.69, 9.17) is 25.5 Å². The van der Waals surface area contributed by atoms with Crippen LogP contribution in [0.15, 0.2) is 36.7 Å². The average molecular weight is 342 g/mol. The molecule has 0 amide bonds. The Balaban J connectivity index is 1.82. The van der Waals surface area contributed by atoms with E-state index in [1.807, 2.05) is 39.0 Å². The summed E-state index contributed by atoms with van der Waals surface area (Å²) in [6, 6.07) is 7.42. The maximum Gasteiger partial charge on any atom is 0.497 e. The first-order valence-electron chi connectivity index (χ1n) is 8.17. The van der Waals surface area contributed by atoms with Gasteiger partial charge in [-0.3, -0.25) is 4.98 Å². The van der Waals surface area contributed by atoms with Crippen LogP contribution in [-0.4, -0.2) is 28.4 Å². The Morgan fingerprint density at radius 1 is 1.20 bits per heavy atom. The third kappa shape index (κ3) is 3.46. The molecule has 0 radical (unpaired) electrons. The molecule has 1 aliphatic heterocycles. The van der Waals surface area contributed by atoms with E-state index in [9.17, 15) is 0 Å². The molecule has 0 aliphatic carbocycles. The van der Waals surface area contributed by atoms with E-state index in [-0.39, 0.29) is 6.10 Å². The third-order valence-corrected chi connectivity index (χ3v) is 4.53. The predicted molar refractivity (Wildman–Crippen MR) is 96.2 cm³/mol. The number of nitrogens with two attached hydrogens (primary N) is 2. The second kappa shape index (κ2) is 6.29. The number of rotatable bonds is 4. The number of hydrogen-bond donors (Lipinski definition) is 2. The minimum absolute atomic E-state index is 0.276. The van der Waals surface area contributed by atoms with E-state index in [1.165, 1.54) is 0 Å². The van der Waals surface area contributed by atoms with Crippen LogP contribution in [0.4, 0.5) is 5.82 Å². The Bertz CT molecular complexity index is 739. The molecule has 25 heavy (non-hydrogen) atoms. The molecule has 8 heteroatoms. The van der Waals surface area contributed by atoms with E-state index in [0.717, 1.165) is 5.69 Å². The molecule has 4 N–H and O–H groups in total. The zero-order valence-corrected chi connectivity index (χ0v) is 14.9. The summed E-state index contributed by atoms with van der Waals surface area (Å²) in [5, 5.41) is 0. The van der Waals surface area contributed by atoms with E-state index < -0.39 is 18.4 Å². The molecule has 0 aromatic carbocycles. The van der Waals surface area contributed by atoms with Gasteiger partial charge in [0.25, 0.3) is 0 Å². The Morgan fingerprint density at radius 3 is 2.56 bits per heavy atom. The van der Waals surface area contributed by atoms with Gasteiger partial charge in [-0.25, -0.2) is 4.98 Å². The van der Waals surface area contributed by atoms with Gasteiger partial charge in [0.15, 0.2) is 11.6 Å². The molecular formula is C17H23BN4O3. The lowest BCUT2D eigenvalue weighted by Crippen LogP contribution is -2.52. The summed E-state index contributed by atoms with van der Waals surface area (Å²) in [4.78, 5) is 8.49. The number of hydrogen-bond acceptors (Lipinski definition) is 7. The van der Waals surface area contributed by atoms with E-state index in [1.54, 1.807) is 25.4 Å². The molecule has 7 nitrogen and oxygen atoms in total. The smallest absolute Gasteiger partial charge is 0.481 e. The van der Waals surface area contributed by atoms with Crippen LogP contribution in [0.1, 0.15) is 39.5 Å². The maximum atomic E-state index is 6.18. The van der Waals surface area contributed by atoms with Crippen LogP contribution < -0.4 is 21.7 Å². The molecule has 3 rings (SSSR count). The fraction of sp³-hybridized carbons (Fsp3) is 0.412. The highest BCUT2D eigenvalue weighted by atomic mass is 16.7. The van der Waals surface area contributed by atoms with Crippen molar-refractivity contribution in [3.05, 3.63) is 42.4 Å². The first kappa shape index (κ1) is 17.7. The molecule has 2 aromatic heterocycles. The molecule has 1 fully saturated rings. The SMILES string of the molecule is CC(Oc1cc(B2OC(C)(C)C(C)(N)O2)cnc1N)c1ccccn1. The van der Waals surface area contributed by atoms with Crippen LogP contribution in [0.5, 0.6) is 5.75 Å². The van der Waals surface area contributed by atoms with Crippen molar-refractivity contribution in [2.24, 2.45) is 5.73 Å². The van der Waals surface area contributed by atoms with Crippen molar-refractivity contribution >= 4 is 18.4 Å². The zero-order valence-electron chi connectivity index (χ0n) is 14.9. The fourth-order valence-electron chi connectivity index (χ4n) is 2.47. The number of aromatic nitrogens is 2. The van der Waals surface area contributed by atoms with Crippen molar-refractivity contribution < 1.29 is 14.0 Å². The van der Waals surface area contributed by atoms with Gasteiger partial charge < -0.3 is 25.5 Å². The van der Waals surface area contributed by atoms with Crippen molar-refractivity contribution in [2.75, 3.05) is 5.73 Å². The fourth-order valence-corrected chi connectivity index (χ4v) is 2.47. The van der Waals surface area contributed by atoms with Crippen molar-refractivity contribution in [2.45, 2.75) is 45.1 Å². The van der Waals surface area contributed by atoms with E-state index >= 15 is 0 Å². The summed E-state index contributed by atoms with van der Waals surface area (Å²) < 4.78 is 17.7. The molecule has 2 unspecified atom stereocenters. The van der Waals surface area contributed by atoms with Gasteiger partial charge in [-0.05, 0) is 45.9 Å². The molecule has 0 saturated carbocycles. The number of nitrogens with zero attached hydrogens (tertiary/aromatic N) is 2. The van der Waals surface area contributed by atoms with Crippen LogP contribution >= 0.6 is 0 Å². The largest absolute Gasteiger partial charge is 0.497 e. The predicted octanol–water partition coefficient (Wildman–Crippen LogP) is 1.39. The number of pyridine rings is 2. The first-order chi connectivity index (χ1) is 11.7. The van der Waals surface area contributed by atoms with Crippen LogP contribution in [0, 0.1) is 0 Å². The number of ether oxygens (including phenoxy) is 1. The maximum absolute atomic E-state index is 6.18. The summed E-state index contributed by atoms with van der Waals surface area (Å²) in [6.45, 7) is 7.46. The third-order valence-electron chi connectivity index (χ3n) is 4.53. The molecule has 2 aromatic rings. The van der Waals surface area contributed by atoms with Crippen LogP contribution in [0.2, 0.25) is 0 Å². The summed E-state index contributed by atoms with van der Waals surface area (Å²) in [7, 11) is -0.634. The lowest BCUT2D eigenvalue weighted by Gasteiger charge is -2.31. The van der Waals surface area contributed by atoms with Crippen molar-refractivity contribution in [3.8, 4) is 5.75 Å². The van der Waals surface area contributed by atoms with Gasteiger partial charge in [0, 0.05) is 17.9 Å². The first-order valence-corrected chi connectivity index (χ1v) is 8.17. The standard InChI is InChI=1S/C17H23BN4O3/c1-11(13-7-5-6-8-21-13)23-14-9-12(10-22-15(14)19)18-24-16(2,3)17(4,20)25-18/h5-11H,20H2,1-4H3,(H2,19,22). The summed E-state index contributed by atoms with van der Waals surface area (Å²) in [5.74, 6) is 0.741. The van der Waals surface area contributed by atoms with Crippen LogP contribution in [0.3, 0.4) is 0 Å². The molecular weight excluding hydrogens is 319 g/mol. The lowest BCUT2D eigenvalue weighted by molar-refractivity contribution is -0.00411. The van der Waals surface area contributed by atoms with Crippen molar-refractivity contribution in [3.63, 3.8) is 0 Å². The van der Waals surface area contributed by atoms with Gasteiger partial charge in [0.2, 0.25) is 0 Å². The molecule has 0 bridgehead atoms. The van der Waals surface area contributed by atoms with Gasteiger partial charge in [0.1, 0.15) is 11.8 Å². The van der Waals surface area contributed by atoms with Gasteiger partial charge in [-0.15, -0.1) is 0 Å². The zero-order chi connectivity index (χ0) is 18.2. The van der Waals surface area contributed by atoms with E-state index in [2.05, 4.69) is 9.97 Å². The van der Waals surface area contributed by atoms with Crippen LogP contribution in [0.25, 0.3) is 0 Å². The monoisotopic (exact) mass is 342 g/mol. The summed E-state index contributed by atoms with van der Waals surface area (Å²) >= 11 is 0. The molecule has 1 saturated heterocycles. The molecule has 0 spiro atoms. The Kier molecular flexibility index (Phi) is 4.44. The molecule has 3 heterocycles. The second-order valence-corrected chi connectivity index (χ2v) is 6.85. The van der Waals surface area contributed by atoms with Crippen LogP contribution in [-0.2, 0) is 9.31 Å². The van der Waals surface area contributed by atoms with Gasteiger partial charge in [0.05, 0.1) is 11.3 Å². The highest BCUT2D eigenvalue weighted by Crippen LogP contribution is 2.33. The molecule has 132 valence electrons. The topological polar surface area (TPSA) is 106 Å². The van der Waals surface area contributed by atoms with Gasteiger partial charge >= 0.3 is 7.12 Å². The summed E-state index contributed by atoms with van der Waals surface area (Å²) in [5.41, 5.74) is 12.1. The van der Waals surface area contributed by atoms with Gasteiger partial charge in [-0.2, -0.15) is 0 Å². The second-order valence-electron chi connectivity index (χ2n) is 6.85. The number of anilines is 1. The quantitative estimate of drug-likeness (QED) is 0.809. The highest BCUT2D eigenvalue weighted by molar-refractivity contribution is 6.62.